The van der Waals surface area contributed by atoms with Crippen LogP contribution in [0.1, 0.15) is 27.2 Å². The molecule has 0 bridgehead atoms. The highest BCUT2D eigenvalue weighted by molar-refractivity contribution is 6.31. The zero-order valence-electron chi connectivity index (χ0n) is 18.2. The second-order valence-corrected chi connectivity index (χ2v) is 8.07. The number of aromatic nitrogens is 3. The van der Waals surface area contributed by atoms with Gasteiger partial charge in [0.25, 0.3) is 11.5 Å². The van der Waals surface area contributed by atoms with Gasteiger partial charge < -0.3 is 5.32 Å². The molecule has 1 heterocycles. The van der Waals surface area contributed by atoms with Gasteiger partial charge in [-0.25, -0.2) is 9.18 Å². The average Bonchev–Trinajstić information content (AvgIpc) is 2.84. The number of carbonyl (C=O) groups excluding carboxylic acids is 1. The highest BCUT2D eigenvalue weighted by Gasteiger charge is 2.21. The molecule has 34 heavy (non-hydrogen) atoms. The lowest BCUT2D eigenvalue weighted by atomic mass is 10.2. The first kappa shape index (κ1) is 23.1. The number of rotatable bonds is 6. The summed E-state index contributed by atoms with van der Waals surface area (Å²) < 4.78 is 15.2. The predicted molar refractivity (Wildman–Crippen MR) is 127 cm³/mol. The van der Waals surface area contributed by atoms with E-state index in [1.165, 1.54) is 30.3 Å². The number of aryl methyl sites for hydroxylation is 1. The molecule has 7 nitrogen and oxygen atoms in total. The van der Waals surface area contributed by atoms with Crippen molar-refractivity contribution in [1.29, 1.82) is 0 Å². The topological polar surface area (TPSA) is 86.0 Å². The van der Waals surface area contributed by atoms with E-state index in [4.69, 9.17) is 11.6 Å². The van der Waals surface area contributed by atoms with Crippen molar-refractivity contribution < 1.29 is 9.18 Å². The molecule has 0 unspecified atom stereocenters. The van der Waals surface area contributed by atoms with Crippen molar-refractivity contribution in [1.82, 2.24) is 19.7 Å². The Kier molecular flexibility index (Phi) is 6.70. The van der Waals surface area contributed by atoms with Crippen LogP contribution < -0.4 is 16.6 Å². The van der Waals surface area contributed by atoms with Crippen molar-refractivity contribution in [3.63, 3.8) is 0 Å². The first-order chi connectivity index (χ1) is 16.3. The fourth-order valence-electron chi connectivity index (χ4n) is 3.31. The molecule has 0 spiro atoms. The number of halogens is 2. The zero-order chi connectivity index (χ0) is 24.2. The molecular formula is C25H20ClFN4O3. The van der Waals surface area contributed by atoms with Gasteiger partial charge in [0.15, 0.2) is 0 Å². The van der Waals surface area contributed by atoms with E-state index in [1.807, 2.05) is 30.3 Å². The second-order valence-electron chi connectivity index (χ2n) is 7.66. The average molecular weight is 479 g/mol. The minimum atomic E-state index is -0.852. The maximum absolute atomic E-state index is 13.3. The Hall–Kier alpha value is -4.04. The third kappa shape index (κ3) is 4.97. The Balaban J connectivity index is 1.80. The van der Waals surface area contributed by atoms with Crippen molar-refractivity contribution in [3.8, 4) is 5.69 Å². The Morgan fingerprint density at radius 3 is 2.38 bits per heavy atom. The van der Waals surface area contributed by atoms with Crippen molar-refractivity contribution in [2.45, 2.75) is 20.0 Å². The molecule has 3 aromatic carbocycles. The lowest BCUT2D eigenvalue weighted by molar-refractivity contribution is 0.0941. The van der Waals surface area contributed by atoms with E-state index >= 15 is 0 Å². The van der Waals surface area contributed by atoms with Gasteiger partial charge in [-0.15, -0.1) is 0 Å². The van der Waals surface area contributed by atoms with E-state index in [-0.39, 0.29) is 13.1 Å². The van der Waals surface area contributed by atoms with Crippen LogP contribution in [-0.2, 0) is 13.1 Å². The zero-order valence-corrected chi connectivity index (χ0v) is 18.9. The number of nitrogens with one attached hydrogen (secondary N) is 1. The summed E-state index contributed by atoms with van der Waals surface area (Å²) in [7, 11) is 0. The number of hydrogen-bond acceptors (Lipinski definition) is 4. The molecule has 4 rings (SSSR count). The summed E-state index contributed by atoms with van der Waals surface area (Å²) in [5.41, 5.74) is 0.374. The Morgan fingerprint density at radius 1 is 1.00 bits per heavy atom. The Bertz CT molecular complexity index is 1460. The van der Waals surface area contributed by atoms with Crippen LogP contribution in [0.15, 0.2) is 82.4 Å². The van der Waals surface area contributed by atoms with Gasteiger partial charge in [-0.3, -0.25) is 14.2 Å². The molecule has 0 aliphatic heterocycles. The van der Waals surface area contributed by atoms with Gasteiger partial charge in [0.05, 0.1) is 12.2 Å². The summed E-state index contributed by atoms with van der Waals surface area (Å²) in [5.74, 6) is -1.17. The summed E-state index contributed by atoms with van der Waals surface area (Å²) >= 11 is 6.23. The molecule has 4 aromatic rings. The third-order valence-electron chi connectivity index (χ3n) is 5.22. The smallest absolute Gasteiger partial charge is 0.346 e. The highest BCUT2D eigenvalue weighted by Crippen LogP contribution is 2.18. The van der Waals surface area contributed by atoms with E-state index in [1.54, 1.807) is 19.1 Å². The minimum absolute atomic E-state index is 0.168. The van der Waals surface area contributed by atoms with Gasteiger partial charge in [-0.1, -0.05) is 60.1 Å². The van der Waals surface area contributed by atoms with E-state index in [0.29, 0.717) is 16.3 Å². The largest absolute Gasteiger partial charge is 0.352 e. The summed E-state index contributed by atoms with van der Waals surface area (Å²) in [6.07, 6.45) is 0. The molecule has 172 valence electrons. The first-order valence-corrected chi connectivity index (χ1v) is 10.8. The van der Waals surface area contributed by atoms with Crippen LogP contribution in [-0.4, -0.2) is 20.3 Å². The maximum atomic E-state index is 13.3. The summed E-state index contributed by atoms with van der Waals surface area (Å²) in [4.78, 5) is 39.3. The second kappa shape index (κ2) is 9.84. The van der Waals surface area contributed by atoms with E-state index in [2.05, 4.69) is 10.4 Å². The SMILES string of the molecule is Cc1ccc(-n2nc(C(=O)NCc3ccccc3)c(=O)n(Cc3ccc(F)cc3)c2=O)cc1Cl. The van der Waals surface area contributed by atoms with Crippen LogP contribution in [0, 0.1) is 12.7 Å². The van der Waals surface area contributed by atoms with Gasteiger partial charge in [-0.05, 0) is 47.9 Å². The van der Waals surface area contributed by atoms with Gasteiger partial charge in [0.2, 0.25) is 5.69 Å². The molecule has 0 saturated heterocycles. The number of hydrogen-bond donors (Lipinski definition) is 1. The van der Waals surface area contributed by atoms with Crippen LogP contribution in [0.5, 0.6) is 0 Å². The van der Waals surface area contributed by atoms with Crippen LogP contribution in [0.4, 0.5) is 4.39 Å². The summed E-state index contributed by atoms with van der Waals surface area (Å²) in [6.45, 7) is 1.81. The predicted octanol–water partition coefficient (Wildman–Crippen LogP) is 3.47. The van der Waals surface area contributed by atoms with Crippen molar-refractivity contribution in [2.75, 3.05) is 0 Å². The van der Waals surface area contributed by atoms with Crippen LogP contribution in [0.25, 0.3) is 5.69 Å². The highest BCUT2D eigenvalue weighted by atomic mass is 35.5. The molecule has 0 aliphatic rings. The minimum Gasteiger partial charge on any atom is -0.346 e. The Labute approximate surface area is 199 Å². The molecule has 1 amide bonds. The molecular weight excluding hydrogens is 459 g/mol. The normalized spacial score (nSPS) is 10.8. The van der Waals surface area contributed by atoms with E-state index < -0.39 is 28.7 Å². The standard InChI is InChI=1S/C25H20ClFN4O3/c1-16-7-12-20(13-21(16)26)31-25(34)30(15-18-8-10-19(27)11-9-18)24(33)22(29-31)23(32)28-14-17-5-3-2-4-6-17/h2-13H,14-15H2,1H3,(H,28,32). The summed E-state index contributed by atoms with van der Waals surface area (Å²) in [6, 6.07) is 19.4. The Morgan fingerprint density at radius 2 is 1.71 bits per heavy atom. The van der Waals surface area contributed by atoms with Crippen molar-refractivity contribution >= 4 is 17.5 Å². The molecule has 0 atom stereocenters. The molecule has 0 radical (unpaired) electrons. The quantitative estimate of drug-likeness (QED) is 0.460. The number of benzene rings is 3. The van der Waals surface area contributed by atoms with Crippen molar-refractivity contribution in [2.24, 2.45) is 0 Å². The van der Waals surface area contributed by atoms with E-state index in [0.717, 1.165) is 20.4 Å². The third-order valence-corrected chi connectivity index (χ3v) is 5.63. The lowest BCUT2D eigenvalue weighted by Gasteiger charge is -2.13. The van der Waals surface area contributed by atoms with Gasteiger partial charge in [0.1, 0.15) is 5.82 Å². The van der Waals surface area contributed by atoms with Gasteiger partial charge >= 0.3 is 5.69 Å². The summed E-state index contributed by atoms with van der Waals surface area (Å²) in [5, 5.41) is 7.15. The van der Waals surface area contributed by atoms with E-state index in [9.17, 15) is 18.8 Å². The first-order valence-electron chi connectivity index (χ1n) is 10.4. The fraction of sp³-hybridized carbons (Fsp3) is 0.120. The van der Waals surface area contributed by atoms with Gasteiger partial charge in [-0.2, -0.15) is 9.78 Å². The molecule has 0 fully saturated rings. The maximum Gasteiger partial charge on any atom is 0.352 e. The fourth-order valence-corrected chi connectivity index (χ4v) is 3.49. The molecule has 0 aliphatic carbocycles. The molecule has 1 aromatic heterocycles. The van der Waals surface area contributed by atoms with Gasteiger partial charge in [0, 0.05) is 11.6 Å². The number of carbonyl (C=O) groups is 1. The number of nitrogens with zero attached hydrogens (tertiary/aromatic N) is 3. The van der Waals surface area contributed by atoms with Crippen LogP contribution in [0.3, 0.4) is 0 Å². The van der Waals surface area contributed by atoms with Crippen LogP contribution >= 0.6 is 11.6 Å². The van der Waals surface area contributed by atoms with Crippen molar-refractivity contribution in [3.05, 3.63) is 127 Å². The molecule has 9 heteroatoms. The molecule has 1 N–H and O–H groups in total. The number of amides is 1. The lowest BCUT2D eigenvalue weighted by Crippen LogP contribution is -2.46. The van der Waals surface area contributed by atoms with Crippen LogP contribution in [0.2, 0.25) is 5.02 Å². The molecule has 0 saturated carbocycles. The monoisotopic (exact) mass is 478 g/mol.